The zero-order valence-electron chi connectivity index (χ0n) is 19.0. The molecule has 0 spiro atoms. The van der Waals surface area contributed by atoms with Crippen molar-refractivity contribution in [1.29, 1.82) is 0 Å². The van der Waals surface area contributed by atoms with E-state index in [0.717, 1.165) is 19.3 Å². The molecule has 0 atom stereocenters. The molecule has 0 unspecified atom stereocenters. The average Bonchev–Trinajstić information content (AvgIpc) is 3.12. The van der Waals surface area contributed by atoms with Crippen molar-refractivity contribution in [3.63, 3.8) is 0 Å². The number of sulfonamides is 1. The number of nitrogens with zero attached hydrogens (tertiary/aromatic N) is 1. The lowest BCUT2D eigenvalue weighted by atomic mass is 10.1. The van der Waals surface area contributed by atoms with Crippen LogP contribution in [0.3, 0.4) is 0 Å². The first-order chi connectivity index (χ1) is 15.7. The lowest BCUT2D eigenvalue weighted by molar-refractivity contribution is 0.0472. The van der Waals surface area contributed by atoms with Crippen LogP contribution in [0.1, 0.15) is 68.6 Å². The molecule has 9 nitrogen and oxygen atoms in total. The Hall–Kier alpha value is -2.98. The summed E-state index contributed by atoms with van der Waals surface area (Å²) < 4.78 is 37.3. The Labute approximate surface area is 193 Å². The molecule has 0 aliphatic carbocycles. The van der Waals surface area contributed by atoms with E-state index in [9.17, 15) is 22.8 Å². The van der Waals surface area contributed by atoms with Crippen molar-refractivity contribution < 1.29 is 32.3 Å². The second kappa shape index (κ2) is 10.3. The first-order valence-electron chi connectivity index (χ1n) is 10.8. The van der Waals surface area contributed by atoms with E-state index in [1.807, 2.05) is 0 Å². The Morgan fingerprint density at radius 3 is 2.39 bits per heavy atom. The third kappa shape index (κ3) is 5.33. The van der Waals surface area contributed by atoms with Crippen molar-refractivity contribution in [3.8, 4) is 0 Å². The van der Waals surface area contributed by atoms with Gasteiger partial charge >= 0.3 is 11.9 Å². The summed E-state index contributed by atoms with van der Waals surface area (Å²) in [6.07, 6.45) is 2.60. The minimum atomic E-state index is -3.70. The van der Waals surface area contributed by atoms with E-state index in [0.29, 0.717) is 24.3 Å². The smallest absolute Gasteiger partial charge is 0.355 e. The van der Waals surface area contributed by atoms with Crippen LogP contribution in [0.25, 0.3) is 0 Å². The van der Waals surface area contributed by atoms with E-state index in [-0.39, 0.29) is 28.3 Å². The number of ether oxygens (including phenoxy) is 2. The predicted molar refractivity (Wildman–Crippen MR) is 120 cm³/mol. The topological polar surface area (TPSA) is 123 Å². The summed E-state index contributed by atoms with van der Waals surface area (Å²) >= 11 is 0. The number of carbonyl (C=O) groups is 3. The van der Waals surface area contributed by atoms with Gasteiger partial charge in [-0.15, -0.1) is 0 Å². The largest absolute Gasteiger partial charge is 0.461 e. The third-order valence-electron chi connectivity index (χ3n) is 5.55. The minimum Gasteiger partial charge on any atom is -0.461 e. The van der Waals surface area contributed by atoms with Gasteiger partial charge in [0.1, 0.15) is 5.69 Å². The fourth-order valence-corrected chi connectivity index (χ4v) is 5.46. The highest BCUT2D eigenvalue weighted by Gasteiger charge is 2.27. The normalized spacial score (nSPS) is 14.6. The van der Waals surface area contributed by atoms with Gasteiger partial charge in [0, 0.05) is 24.3 Å². The number of H-pyrrole nitrogens is 1. The Balaban J connectivity index is 1.71. The number of rotatable bonds is 8. The van der Waals surface area contributed by atoms with Gasteiger partial charge in [-0.05, 0) is 57.4 Å². The fraction of sp³-hybridized carbons (Fsp3) is 0.435. The first-order valence-corrected chi connectivity index (χ1v) is 12.3. The number of esters is 2. The third-order valence-corrected chi connectivity index (χ3v) is 7.45. The van der Waals surface area contributed by atoms with Gasteiger partial charge in [-0.25, -0.2) is 18.0 Å². The maximum atomic E-state index is 12.9. The number of aromatic nitrogens is 1. The molecule has 2 aromatic rings. The lowest BCUT2D eigenvalue weighted by Crippen LogP contribution is -2.35. The van der Waals surface area contributed by atoms with Crippen molar-refractivity contribution in [2.24, 2.45) is 0 Å². The molecule has 1 N–H and O–H groups in total. The number of hydrogen-bond acceptors (Lipinski definition) is 7. The number of ketones is 1. The molecule has 0 radical (unpaired) electrons. The van der Waals surface area contributed by atoms with Crippen LogP contribution in [-0.2, 0) is 19.5 Å². The van der Waals surface area contributed by atoms with Crippen LogP contribution >= 0.6 is 0 Å². The van der Waals surface area contributed by atoms with E-state index in [4.69, 9.17) is 9.47 Å². The summed E-state index contributed by atoms with van der Waals surface area (Å²) in [6, 6.07) is 5.62. The highest BCUT2D eigenvalue weighted by atomic mass is 32.2. The fourth-order valence-electron chi connectivity index (χ4n) is 3.90. The Morgan fingerprint density at radius 1 is 1.03 bits per heavy atom. The monoisotopic (exact) mass is 476 g/mol. The molecule has 1 aromatic heterocycles. The van der Waals surface area contributed by atoms with E-state index in [1.54, 1.807) is 20.8 Å². The van der Waals surface area contributed by atoms with Gasteiger partial charge in [0.2, 0.25) is 15.8 Å². The van der Waals surface area contributed by atoms with E-state index in [2.05, 4.69) is 4.98 Å². The molecule has 1 aliphatic rings. The summed E-state index contributed by atoms with van der Waals surface area (Å²) in [7, 11) is -3.70. The SMILES string of the molecule is CCOC(=O)c1[nH]c(C)c(C(=O)COC(=O)c2cccc(S(=O)(=O)N3CCCCC3)c2)c1C. The number of nitrogens with one attached hydrogen (secondary N) is 1. The van der Waals surface area contributed by atoms with Crippen molar-refractivity contribution >= 4 is 27.7 Å². The van der Waals surface area contributed by atoms with Crippen LogP contribution in [0.4, 0.5) is 0 Å². The second-order valence-corrected chi connectivity index (χ2v) is 9.78. The van der Waals surface area contributed by atoms with Gasteiger partial charge in [-0.1, -0.05) is 12.5 Å². The summed E-state index contributed by atoms with van der Waals surface area (Å²) in [5, 5.41) is 0. The zero-order valence-corrected chi connectivity index (χ0v) is 19.8. The molecule has 178 valence electrons. The molecule has 10 heteroatoms. The Morgan fingerprint density at radius 2 is 1.73 bits per heavy atom. The van der Waals surface area contributed by atoms with Gasteiger partial charge in [0.05, 0.1) is 17.1 Å². The predicted octanol–water partition coefficient (Wildman–Crippen LogP) is 3.02. The molecule has 33 heavy (non-hydrogen) atoms. The van der Waals surface area contributed by atoms with Crippen molar-refractivity contribution in [3.05, 3.63) is 52.3 Å². The van der Waals surface area contributed by atoms with Crippen LogP contribution in [0, 0.1) is 13.8 Å². The summed E-state index contributed by atoms with van der Waals surface area (Å²) in [4.78, 5) is 40.1. The zero-order chi connectivity index (χ0) is 24.2. The van der Waals surface area contributed by atoms with Gasteiger partial charge < -0.3 is 14.5 Å². The van der Waals surface area contributed by atoms with Gasteiger partial charge in [-0.2, -0.15) is 4.31 Å². The molecule has 1 aliphatic heterocycles. The van der Waals surface area contributed by atoms with Gasteiger partial charge in [0.15, 0.2) is 6.61 Å². The molecular weight excluding hydrogens is 448 g/mol. The molecular formula is C23H28N2O7S. The highest BCUT2D eigenvalue weighted by Crippen LogP contribution is 2.22. The van der Waals surface area contributed by atoms with Crippen molar-refractivity contribution in [2.75, 3.05) is 26.3 Å². The molecule has 3 rings (SSSR count). The highest BCUT2D eigenvalue weighted by molar-refractivity contribution is 7.89. The number of aromatic amines is 1. The van der Waals surface area contributed by atoms with Gasteiger partial charge in [-0.3, -0.25) is 4.79 Å². The molecule has 2 heterocycles. The maximum absolute atomic E-state index is 12.9. The van der Waals surface area contributed by atoms with E-state index >= 15 is 0 Å². The minimum absolute atomic E-state index is 0.0154. The lowest BCUT2D eigenvalue weighted by Gasteiger charge is -2.25. The number of hydrogen-bond donors (Lipinski definition) is 1. The second-order valence-electron chi connectivity index (χ2n) is 7.84. The number of carbonyl (C=O) groups excluding carboxylic acids is 3. The molecule has 0 saturated carbocycles. The van der Waals surface area contributed by atoms with Crippen molar-refractivity contribution in [1.82, 2.24) is 9.29 Å². The van der Waals surface area contributed by atoms with E-state index < -0.39 is 34.4 Å². The summed E-state index contributed by atoms with van der Waals surface area (Å²) in [6.45, 7) is 5.48. The first kappa shape index (κ1) is 24.7. The van der Waals surface area contributed by atoms with Crippen LogP contribution in [0.2, 0.25) is 0 Å². The molecule has 1 aromatic carbocycles. The Kier molecular flexibility index (Phi) is 7.70. The number of piperidine rings is 1. The van der Waals surface area contributed by atoms with Crippen molar-refractivity contribution in [2.45, 2.75) is 44.9 Å². The molecule has 0 bridgehead atoms. The molecule has 1 saturated heterocycles. The average molecular weight is 477 g/mol. The Bertz CT molecular complexity index is 1160. The maximum Gasteiger partial charge on any atom is 0.355 e. The quantitative estimate of drug-likeness (QED) is 0.459. The number of aryl methyl sites for hydroxylation is 1. The number of Topliss-reactive ketones (excluding diaryl/α,β-unsaturated/α-hetero) is 1. The van der Waals surface area contributed by atoms with Crippen LogP contribution in [-0.4, -0.2) is 61.7 Å². The summed E-state index contributed by atoms with van der Waals surface area (Å²) in [5.41, 5.74) is 1.36. The van der Waals surface area contributed by atoms with E-state index in [1.165, 1.54) is 28.6 Å². The molecule has 1 fully saturated rings. The number of benzene rings is 1. The summed E-state index contributed by atoms with van der Waals surface area (Å²) in [5.74, 6) is -1.86. The van der Waals surface area contributed by atoms with Crippen LogP contribution in [0.15, 0.2) is 29.2 Å². The standard InChI is InChI=1S/C23H28N2O7S/c1-4-31-23(28)21-15(2)20(16(3)24-21)19(26)14-32-22(27)17-9-8-10-18(13-17)33(29,30)25-11-6-5-7-12-25/h8-10,13,24H,4-7,11-12,14H2,1-3H3. The van der Waals surface area contributed by atoms with Crippen LogP contribution in [0.5, 0.6) is 0 Å². The molecule has 0 amide bonds. The van der Waals surface area contributed by atoms with Gasteiger partial charge in [0.25, 0.3) is 0 Å². The van der Waals surface area contributed by atoms with Crippen LogP contribution < -0.4 is 0 Å².